The zero-order chi connectivity index (χ0) is 26.7. The molecular weight excluding hydrogens is 500 g/mol. The van der Waals surface area contributed by atoms with Crippen molar-refractivity contribution in [3.63, 3.8) is 0 Å². The summed E-state index contributed by atoms with van der Waals surface area (Å²) in [6.45, 7) is 0. The van der Waals surface area contributed by atoms with Crippen LogP contribution < -0.4 is 0 Å². The van der Waals surface area contributed by atoms with Crippen LogP contribution in [0.4, 0.5) is 0 Å². The fraction of sp³-hybridized carbons (Fsp3) is 0. The molecule has 7 aromatic rings. The van der Waals surface area contributed by atoms with Crippen LogP contribution in [-0.2, 0) is 0 Å². The number of rotatable bonds is 6. The van der Waals surface area contributed by atoms with Gasteiger partial charge in [-0.25, -0.2) is 9.97 Å². The van der Waals surface area contributed by atoms with Crippen molar-refractivity contribution >= 4 is 0 Å². The predicted octanol–water partition coefficient (Wildman–Crippen LogP) is 7.24. The molecular formula is C32H20N6O2. The molecule has 0 radical (unpaired) electrons. The largest absolute Gasteiger partial charge is 0.436 e. The Hall–Kier alpha value is -5.76. The molecule has 0 spiro atoms. The molecule has 0 fully saturated rings. The van der Waals surface area contributed by atoms with Gasteiger partial charge in [0.05, 0.1) is 34.9 Å². The van der Waals surface area contributed by atoms with Gasteiger partial charge in [-0.1, -0.05) is 18.2 Å². The third kappa shape index (κ3) is 4.65. The Morgan fingerprint density at radius 3 is 1.32 bits per heavy atom. The maximum Gasteiger partial charge on any atom is 0.228 e. The van der Waals surface area contributed by atoms with Crippen molar-refractivity contribution in [2.75, 3.05) is 0 Å². The van der Waals surface area contributed by atoms with Crippen LogP contribution in [0.1, 0.15) is 0 Å². The molecule has 0 amide bonds. The number of aromatic nitrogens is 6. The first kappa shape index (κ1) is 23.4. The van der Waals surface area contributed by atoms with Gasteiger partial charge >= 0.3 is 0 Å². The first-order chi connectivity index (χ1) is 19.8. The third-order valence-corrected chi connectivity index (χ3v) is 6.38. The predicted molar refractivity (Wildman–Crippen MR) is 150 cm³/mol. The molecule has 40 heavy (non-hydrogen) atoms. The summed E-state index contributed by atoms with van der Waals surface area (Å²) in [5.41, 5.74) is 6.90. The molecule has 0 bridgehead atoms. The Balaban J connectivity index is 1.10. The van der Waals surface area contributed by atoms with E-state index in [2.05, 4.69) is 29.9 Å². The van der Waals surface area contributed by atoms with Crippen molar-refractivity contribution in [2.24, 2.45) is 0 Å². The van der Waals surface area contributed by atoms with E-state index in [0.717, 1.165) is 44.8 Å². The van der Waals surface area contributed by atoms with Gasteiger partial charge in [-0.3, -0.25) is 19.9 Å². The first-order valence-electron chi connectivity index (χ1n) is 12.6. The molecule has 0 saturated heterocycles. The SMILES string of the molecule is c1cncc(-c2ccc(-c3ncc(-c4cccc(-c5cnc(-c6ccc(-c7cccnc7)nc6)o5)c4)o3)cn2)c1. The Bertz CT molecular complexity index is 1740. The molecule has 0 N–H and O–H groups in total. The Morgan fingerprint density at radius 1 is 0.400 bits per heavy atom. The summed E-state index contributed by atoms with van der Waals surface area (Å²) in [5.74, 6) is 2.27. The number of hydrogen-bond donors (Lipinski definition) is 0. The van der Waals surface area contributed by atoms with Gasteiger partial charge in [0.15, 0.2) is 11.5 Å². The average Bonchev–Trinajstić information content (AvgIpc) is 3.74. The highest BCUT2D eigenvalue weighted by Gasteiger charge is 2.13. The van der Waals surface area contributed by atoms with Crippen LogP contribution in [0, 0.1) is 0 Å². The van der Waals surface area contributed by atoms with Crippen LogP contribution in [0.25, 0.3) is 68.1 Å². The van der Waals surface area contributed by atoms with E-state index in [1.54, 1.807) is 49.6 Å². The van der Waals surface area contributed by atoms with E-state index in [9.17, 15) is 0 Å². The summed E-state index contributed by atoms with van der Waals surface area (Å²) in [6, 6.07) is 23.3. The molecule has 0 aliphatic carbocycles. The van der Waals surface area contributed by atoms with Crippen LogP contribution in [0.3, 0.4) is 0 Å². The fourth-order valence-electron chi connectivity index (χ4n) is 4.32. The zero-order valence-corrected chi connectivity index (χ0v) is 21.0. The van der Waals surface area contributed by atoms with E-state index in [4.69, 9.17) is 8.83 Å². The zero-order valence-electron chi connectivity index (χ0n) is 21.0. The van der Waals surface area contributed by atoms with E-state index in [1.807, 2.05) is 72.8 Å². The molecule has 7 rings (SSSR count). The second-order valence-corrected chi connectivity index (χ2v) is 8.99. The molecule has 0 aliphatic rings. The number of hydrogen-bond acceptors (Lipinski definition) is 8. The molecule has 0 unspecified atom stereocenters. The topological polar surface area (TPSA) is 104 Å². The van der Waals surface area contributed by atoms with Gasteiger partial charge in [0.25, 0.3) is 0 Å². The normalized spacial score (nSPS) is 11.0. The van der Waals surface area contributed by atoms with Crippen molar-refractivity contribution in [1.82, 2.24) is 29.9 Å². The van der Waals surface area contributed by atoms with Crippen molar-refractivity contribution < 1.29 is 8.83 Å². The van der Waals surface area contributed by atoms with Crippen molar-refractivity contribution in [3.05, 3.63) is 122 Å². The van der Waals surface area contributed by atoms with E-state index in [-0.39, 0.29) is 0 Å². The van der Waals surface area contributed by atoms with Gasteiger partial charge in [-0.05, 0) is 54.6 Å². The molecule has 1 aromatic carbocycles. The molecule has 0 saturated carbocycles. The maximum atomic E-state index is 6.09. The summed E-state index contributed by atoms with van der Waals surface area (Å²) in [4.78, 5) is 26.3. The van der Waals surface area contributed by atoms with Crippen LogP contribution >= 0.6 is 0 Å². The third-order valence-electron chi connectivity index (χ3n) is 6.38. The van der Waals surface area contributed by atoms with Gasteiger partial charge in [0.2, 0.25) is 11.8 Å². The smallest absolute Gasteiger partial charge is 0.228 e. The van der Waals surface area contributed by atoms with E-state index < -0.39 is 0 Å². The lowest BCUT2D eigenvalue weighted by Crippen LogP contribution is -1.85. The van der Waals surface area contributed by atoms with Gasteiger partial charge in [0, 0.05) is 59.4 Å². The number of benzene rings is 1. The van der Waals surface area contributed by atoms with Gasteiger partial charge in [-0.15, -0.1) is 0 Å². The number of oxazole rings is 2. The monoisotopic (exact) mass is 520 g/mol. The number of pyridine rings is 4. The van der Waals surface area contributed by atoms with Crippen molar-refractivity contribution in [3.8, 4) is 68.1 Å². The van der Waals surface area contributed by atoms with Crippen LogP contribution in [0.15, 0.2) is 131 Å². The van der Waals surface area contributed by atoms with Crippen LogP contribution in [0.2, 0.25) is 0 Å². The van der Waals surface area contributed by atoms with Crippen LogP contribution in [-0.4, -0.2) is 29.9 Å². The summed E-state index contributed by atoms with van der Waals surface area (Å²) in [5, 5.41) is 0. The fourth-order valence-corrected chi connectivity index (χ4v) is 4.32. The lowest BCUT2D eigenvalue weighted by molar-refractivity contribution is 0.586. The summed E-state index contributed by atoms with van der Waals surface area (Å²) in [7, 11) is 0. The van der Waals surface area contributed by atoms with Crippen LogP contribution in [0.5, 0.6) is 0 Å². The quantitative estimate of drug-likeness (QED) is 0.226. The average molecular weight is 521 g/mol. The van der Waals surface area contributed by atoms with E-state index in [1.165, 1.54) is 0 Å². The highest BCUT2D eigenvalue weighted by molar-refractivity contribution is 5.70. The molecule has 190 valence electrons. The van der Waals surface area contributed by atoms with E-state index in [0.29, 0.717) is 23.3 Å². The highest BCUT2D eigenvalue weighted by Crippen LogP contribution is 2.32. The lowest BCUT2D eigenvalue weighted by atomic mass is 10.1. The molecule has 0 atom stereocenters. The molecule has 6 aromatic heterocycles. The molecule has 8 heteroatoms. The Labute approximate surface area is 229 Å². The Morgan fingerprint density at radius 2 is 0.900 bits per heavy atom. The minimum atomic E-state index is 0.495. The molecule has 0 aliphatic heterocycles. The highest BCUT2D eigenvalue weighted by atomic mass is 16.4. The van der Waals surface area contributed by atoms with Crippen molar-refractivity contribution in [2.45, 2.75) is 0 Å². The maximum absolute atomic E-state index is 6.09. The van der Waals surface area contributed by atoms with Gasteiger partial charge in [0.1, 0.15) is 0 Å². The molecule has 6 heterocycles. The minimum absolute atomic E-state index is 0.495. The molecule has 8 nitrogen and oxygen atoms in total. The standard InChI is InChI=1S/C32H20N6O2/c1-4-21(29-19-37-31(39-29)25-8-10-27(35-17-25)23-6-2-12-33-15-23)14-22(5-1)30-20-38-32(40-30)26-9-11-28(36-18-26)24-7-3-13-34-16-24/h1-20H. The second-order valence-electron chi connectivity index (χ2n) is 8.99. The van der Waals surface area contributed by atoms with Gasteiger partial charge < -0.3 is 8.83 Å². The van der Waals surface area contributed by atoms with E-state index >= 15 is 0 Å². The summed E-state index contributed by atoms with van der Waals surface area (Å²) < 4.78 is 12.2. The summed E-state index contributed by atoms with van der Waals surface area (Å²) >= 11 is 0. The second kappa shape index (κ2) is 10.2. The van der Waals surface area contributed by atoms with Crippen molar-refractivity contribution in [1.29, 1.82) is 0 Å². The number of nitrogens with zero attached hydrogens (tertiary/aromatic N) is 6. The Kier molecular flexibility index (Phi) is 5.95. The minimum Gasteiger partial charge on any atom is -0.436 e. The van der Waals surface area contributed by atoms with Gasteiger partial charge in [-0.2, -0.15) is 0 Å². The lowest BCUT2D eigenvalue weighted by Gasteiger charge is -2.02. The summed E-state index contributed by atoms with van der Waals surface area (Å²) in [6.07, 6.45) is 14.0. The first-order valence-corrected chi connectivity index (χ1v) is 12.6.